The smallest absolute Gasteiger partial charge is 0.269 e. The molecule has 38 heavy (non-hydrogen) atoms. The minimum absolute atomic E-state index is 0.0763. The number of thioether (sulfide) groups is 1. The van der Waals surface area contributed by atoms with E-state index in [-0.39, 0.29) is 36.2 Å². The first-order chi connectivity index (χ1) is 18.5. The van der Waals surface area contributed by atoms with Gasteiger partial charge in [0.25, 0.3) is 11.5 Å². The highest BCUT2D eigenvalue weighted by molar-refractivity contribution is 8.26. The molecule has 0 aliphatic carbocycles. The molecular formula is C27H19N3O6S2. The lowest BCUT2D eigenvalue weighted by Gasteiger charge is -2.14. The Morgan fingerprint density at radius 1 is 1.05 bits per heavy atom. The lowest BCUT2D eigenvalue weighted by Crippen LogP contribution is -2.27. The maximum Gasteiger partial charge on any atom is 0.269 e. The Kier molecular flexibility index (Phi) is 6.22. The number of aromatic nitrogens is 2. The topological polar surface area (TPSA) is 91.6 Å². The molecule has 0 atom stereocenters. The van der Waals surface area contributed by atoms with Crippen molar-refractivity contribution in [2.75, 3.05) is 13.9 Å². The molecule has 0 N–H and O–H groups in total. The summed E-state index contributed by atoms with van der Waals surface area (Å²) in [4.78, 5) is 33.2. The van der Waals surface area contributed by atoms with Crippen molar-refractivity contribution in [1.82, 2.24) is 14.3 Å². The van der Waals surface area contributed by atoms with E-state index in [1.807, 2.05) is 12.1 Å². The number of amides is 1. The van der Waals surface area contributed by atoms with Crippen LogP contribution in [0.5, 0.6) is 28.9 Å². The number of methoxy groups -OCH3 is 1. The fourth-order valence-electron chi connectivity index (χ4n) is 4.03. The van der Waals surface area contributed by atoms with Crippen LogP contribution >= 0.6 is 24.0 Å². The summed E-state index contributed by atoms with van der Waals surface area (Å²) in [5, 5.41) is 0. The summed E-state index contributed by atoms with van der Waals surface area (Å²) in [5.74, 6) is 2.17. The third-order valence-corrected chi connectivity index (χ3v) is 7.31. The summed E-state index contributed by atoms with van der Waals surface area (Å²) < 4.78 is 23.8. The zero-order chi connectivity index (χ0) is 26.2. The van der Waals surface area contributed by atoms with E-state index in [2.05, 4.69) is 4.98 Å². The number of ether oxygens (including phenoxy) is 4. The van der Waals surface area contributed by atoms with Gasteiger partial charge < -0.3 is 18.9 Å². The molecule has 2 aromatic carbocycles. The van der Waals surface area contributed by atoms with Crippen molar-refractivity contribution in [3.8, 4) is 28.9 Å². The Morgan fingerprint density at radius 3 is 2.66 bits per heavy atom. The fraction of sp³-hybridized carbons (Fsp3) is 0.111. The molecule has 0 bridgehead atoms. The molecule has 1 amide bonds. The summed E-state index contributed by atoms with van der Waals surface area (Å²) in [7, 11) is 1.57. The van der Waals surface area contributed by atoms with Crippen molar-refractivity contribution in [3.05, 3.63) is 93.2 Å². The zero-order valence-electron chi connectivity index (χ0n) is 20.0. The first-order valence-corrected chi connectivity index (χ1v) is 12.7. The van der Waals surface area contributed by atoms with Crippen molar-refractivity contribution >= 4 is 45.9 Å². The minimum Gasteiger partial charge on any atom is -0.497 e. The van der Waals surface area contributed by atoms with Crippen LogP contribution in [0, 0.1) is 0 Å². The molecule has 0 saturated carbocycles. The van der Waals surface area contributed by atoms with Gasteiger partial charge in [-0.05, 0) is 60.2 Å². The maximum absolute atomic E-state index is 13.5. The van der Waals surface area contributed by atoms with Gasteiger partial charge in [-0.15, -0.1) is 0 Å². The Balaban J connectivity index is 1.35. The molecule has 1 saturated heterocycles. The molecule has 190 valence electrons. The van der Waals surface area contributed by atoms with Crippen LogP contribution in [0.1, 0.15) is 11.1 Å². The molecule has 0 spiro atoms. The summed E-state index contributed by atoms with van der Waals surface area (Å²) in [5.41, 5.74) is 1.00. The molecule has 0 unspecified atom stereocenters. The van der Waals surface area contributed by atoms with Gasteiger partial charge in [0.05, 0.1) is 18.6 Å². The van der Waals surface area contributed by atoms with Gasteiger partial charge in [0.2, 0.25) is 12.7 Å². The normalized spacial score (nSPS) is 15.5. The number of rotatable bonds is 6. The summed E-state index contributed by atoms with van der Waals surface area (Å²) in [6.07, 6.45) is 3.11. The third kappa shape index (κ3) is 4.46. The van der Waals surface area contributed by atoms with E-state index in [4.69, 9.17) is 31.2 Å². The monoisotopic (exact) mass is 545 g/mol. The van der Waals surface area contributed by atoms with Crippen LogP contribution in [0.15, 0.2) is 76.6 Å². The average Bonchev–Trinajstić information content (AvgIpc) is 3.51. The van der Waals surface area contributed by atoms with E-state index in [0.29, 0.717) is 37.9 Å². The average molecular weight is 546 g/mol. The van der Waals surface area contributed by atoms with Crippen LogP contribution in [0.3, 0.4) is 0 Å². The highest BCUT2D eigenvalue weighted by Gasteiger charge is 2.33. The van der Waals surface area contributed by atoms with Crippen molar-refractivity contribution in [3.63, 3.8) is 0 Å². The van der Waals surface area contributed by atoms with E-state index in [1.165, 1.54) is 15.4 Å². The number of benzene rings is 2. The first-order valence-electron chi connectivity index (χ1n) is 11.5. The van der Waals surface area contributed by atoms with Crippen molar-refractivity contribution in [1.29, 1.82) is 0 Å². The second-order valence-electron chi connectivity index (χ2n) is 8.30. The number of thiocarbonyl (C=S) groups is 1. The largest absolute Gasteiger partial charge is 0.497 e. The molecule has 11 heteroatoms. The lowest BCUT2D eigenvalue weighted by molar-refractivity contribution is -0.122. The van der Waals surface area contributed by atoms with Crippen LogP contribution < -0.4 is 24.5 Å². The molecule has 9 nitrogen and oxygen atoms in total. The molecule has 2 aliphatic rings. The van der Waals surface area contributed by atoms with Crippen LogP contribution in [-0.2, 0) is 11.3 Å². The van der Waals surface area contributed by atoms with E-state index in [1.54, 1.807) is 61.8 Å². The fourth-order valence-corrected chi connectivity index (χ4v) is 5.27. The summed E-state index contributed by atoms with van der Waals surface area (Å²) in [6.45, 7) is 0.418. The van der Waals surface area contributed by atoms with Gasteiger partial charge in [-0.25, -0.2) is 0 Å². The van der Waals surface area contributed by atoms with Gasteiger partial charge in [0, 0.05) is 6.20 Å². The van der Waals surface area contributed by atoms with Gasteiger partial charge >= 0.3 is 0 Å². The van der Waals surface area contributed by atoms with E-state index < -0.39 is 0 Å². The number of carbonyl (C=O) groups is 1. The highest BCUT2D eigenvalue weighted by atomic mass is 32.2. The van der Waals surface area contributed by atoms with Crippen molar-refractivity contribution in [2.45, 2.75) is 6.54 Å². The lowest BCUT2D eigenvalue weighted by atomic mass is 10.2. The molecular weight excluding hydrogens is 526 g/mol. The Labute approximate surface area is 226 Å². The van der Waals surface area contributed by atoms with Crippen LogP contribution in [0.25, 0.3) is 11.7 Å². The van der Waals surface area contributed by atoms with E-state index >= 15 is 0 Å². The zero-order valence-corrected chi connectivity index (χ0v) is 21.6. The second kappa shape index (κ2) is 9.84. The number of hydrogen-bond acceptors (Lipinski definition) is 9. The summed E-state index contributed by atoms with van der Waals surface area (Å²) in [6, 6.07) is 17.6. The minimum atomic E-state index is -0.375. The quantitative estimate of drug-likeness (QED) is 0.254. The highest BCUT2D eigenvalue weighted by Crippen LogP contribution is 2.37. The Morgan fingerprint density at radius 2 is 1.84 bits per heavy atom. The summed E-state index contributed by atoms with van der Waals surface area (Å²) >= 11 is 6.63. The van der Waals surface area contributed by atoms with Crippen LogP contribution in [0.4, 0.5) is 0 Å². The van der Waals surface area contributed by atoms with Crippen molar-refractivity contribution < 1.29 is 23.7 Å². The van der Waals surface area contributed by atoms with Crippen LogP contribution in [0.2, 0.25) is 0 Å². The van der Waals surface area contributed by atoms with E-state index in [0.717, 1.165) is 17.3 Å². The van der Waals surface area contributed by atoms with E-state index in [9.17, 15) is 9.59 Å². The Bertz CT molecular complexity index is 1680. The second-order valence-corrected chi connectivity index (χ2v) is 9.97. The van der Waals surface area contributed by atoms with Gasteiger partial charge in [0.15, 0.2) is 11.5 Å². The number of nitrogens with zero attached hydrogens (tertiary/aromatic N) is 3. The SMILES string of the molecule is COc1ccc(Oc2nc3ccccn3c(=O)c2/C=C2\SC(=S)N(Cc3ccc4c(c3)OCO4)C2=O)cc1. The first kappa shape index (κ1) is 24.0. The standard InChI is InChI=1S/C27H19N3O6S2/c1-33-17-6-8-18(9-7-17)36-24-19(25(31)29-11-3-2-4-23(29)28-24)13-22-26(32)30(27(37)38-22)14-16-5-10-20-21(12-16)35-15-34-20/h2-13H,14-15H2,1H3/b22-13-. The molecule has 0 radical (unpaired) electrons. The van der Waals surface area contributed by atoms with Crippen LogP contribution in [-0.4, -0.2) is 38.4 Å². The molecule has 6 rings (SSSR count). The van der Waals surface area contributed by atoms with Gasteiger partial charge in [-0.1, -0.05) is 36.1 Å². The predicted molar refractivity (Wildman–Crippen MR) is 146 cm³/mol. The predicted octanol–water partition coefficient (Wildman–Crippen LogP) is 4.63. The number of fused-ring (bicyclic) bond motifs is 2. The molecule has 4 heterocycles. The Hall–Kier alpha value is -4.35. The third-order valence-electron chi connectivity index (χ3n) is 5.93. The number of hydrogen-bond donors (Lipinski definition) is 0. The molecule has 2 aromatic heterocycles. The number of carbonyl (C=O) groups excluding carboxylic acids is 1. The van der Waals surface area contributed by atoms with Gasteiger partial charge in [-0.3, -0.25) is 18.9 Å². The molecule has 1 fully saturated rings. The van der Waals surface area contributed by atoms with Crippen molar-refractivity contribution in [2.24, 2.45) is 0 Å². The number of pyridine rings is 1. The molecule has 4 aromatic rings. The molecule has 2 aliphatic heterocycles. The van der Waals surface area contributed by atoms with Gasteiger partial charge in [0.1, 0.15) is 27.0 Å². The maximum atomic E-state index is 13.5. The van der Waals surface area contributed by atoms with Gasteiger partial charge in [-0.2, -0.15) is 4.98 Å².